The fourth-order valence-corrected chi connectivity index (χ4v) is 13.9. The second-order valence-electron chi connectivity index (χ2n) is 29.3. The molecule has 1 aliphatic rings. The van der Waals surface area contributed by atoms with Gasteiger partial charge in [0.1, 0.15) is 66.5 Å². The lowest BCUT2D eigenvalue weighted by Gasteiger charge is -2.41. The Morgan fingerprint density at radius 2 is 0.866 bits per heavy atom. The van der Waals surface area contributed by atoms with E-state index in [0.717, 1.165) is 14.7 Å². The molecule has 1 heterocycles. The number of nitrogens with one attached hydrogen (secondary N) is 4. The van der Waals surface area contributed by atoms with Crippen molar-refractivity contribution in [2.24, 2.45) is 41.4 Å². The summed E-state index contributed by atoms with van der Waals surface area (Å²) in [5, 5.41) is 23.3. The van der Waals surface area contributed by atoms with E-state index in [1.165, 1.54) is 82.8 Å². The van der Waals surface area contributed by atoms with Gasteiger partial charge in [0.25, 0.3) is 0 Å². The number of sulfone groups is 1. The Bertz CT molecular complexity index is 2780. The molecular formula is C70H128N12O14S. The van der Waals surface area contributed by atoms with Crippen molar-refractivity contribution in [3.05, 3.63) is 12.2 Å². The number of allylic oxidation sites excluding steroid dienone is 2. The third-order valence-corrected chi connectivity index (χ3v) is 20.4. The molecule has 26 nitrogen and oxygen atoms in total. The zero-order valence-electron chi connectivity index (χ0n) is 63.9. The standard InChI is InChI=1S/C70H128N12O14S/c1-27-31-33-47(17)59(83)58-63(87)73-50(28-2)65(89)79(24)55(40-97(95,96)35-32-34-82(29-3)30-4)68(92)75(20)52(37-42(7)8)62(86)74-56(45(13)14)69(93)76(21)51(36-41(5)6)61(85)71-48(18)60(84)72-49(19)64(88)77(22)53(38-43(9)10)66(90)78(23)54(39-44(11)12)67(91)80(25)57(46(15)16)70(94)81(58)26/h27,31,41-59,83H,28-30,32-40H2,1-26H3,(H,71,85)(H,72,84)(H,73,87)(H,74,86)/t47-,48-,49+,50-,51-,52+,53-,54-,55-,56-,57-,58-,59-/m1/s1. The SMILES string of the molecule is CC=CC[C@@H](C)[C@@H](O)[C@@H]1C(=O)N[C@H](CC)C(=O)N(C)[C@H](CS(=O)(=O)CCCN(CC)CC)C(=O)N(C)[C@@H](CC(C)C)C(=O)N[C@H](C(C)C)C(=O)N(C)[C@H](CC(C)C)C(=O)N[C@H](C)C(=O)N[C@@H](C)C(=O)N(C)[C@H](CC(C)C)C(=O)N(C)[C@H](CC(C)C)C(=O)N(C)[C@H](C(C)C)C(=O)N1C. The molecule has 558 valence electrons. The Morgan fingerprint density at radius 3 is 1.31 bits per heavy atom. The lowest BCUT2D eigenvalue weighted by molar-refractivity contribution is -0.157. The maximum Gasteiger partial charge on any atom is 0.246 e. The number of likely N-dealkylation sites (N-methyl/N-ethyl adjacent to an activating group) is 7. The van der Waals surface area contributed by atoms with E-state index >= 15 is 28.8 Å². The summed E-state index contributed by atoms with van der Waals surface area (Å²) < 4.78 is 28.8. The van der Waals surface area contributed by atoms with Crippen LogP contribution in [0.2, 0.25) is 0 Å². The van der Waals surface area contributed by atoms with Crippen LogP contribution < -0.4 is 21.3 Å². The Morgan fingerprint density at radius 1 is 0.464 bits per heavy atom. The second kappa shape index (κ2) is 40.7. The minimum absolute atomic E-state index is 0.00728. The summed E-state index contributed by atoms with van der Waals surface area (Å²) in [5.74, 6) is -12.6. The lowest BCUT2D eigenvalue weighted by Crippen LogP contribution is -2.64. The zero-order valence-corrected chi connectivity index (χ0v) is 64.7. The highest BCUT2D eigenvalue weighted by Gasteiger charge is 2.47. The lowest BCUT2D eigenvalue weighted by atomic mass is 9.91. The Labute approximate surface area is 582 Å². The van der Waals surface area contributed by atoms with Crippen molar-refractivity contribution in [3.63, 3.8) is 0 Å². The predicted molar refractivity (Wildman–Crippen MR) is 378 cm³/mol. The van der Waals surface area contributed by atoms with E-state index in [2.05, 4.69) is 21.3 Å². The maximum atomic E-state index is 15.4. The van der Waals surface area contributed by atoms with Crippen LogP contribution in [0, 0.1) is 41.4 Å². The summed E-state index contributed by atoms with van der Waals surface area (Å²) in [5.41, 5.74) is 0. The molecule has 1 saturated heterocycles. The molecule has 5 N–H and O–H groups in total. The molecule has 0 unspecified atom stereocenters. The Balaban J connectivity index is 4.64. The summed E-state index contributed by atoms with van der Waals surface area (Å²) in [6, 6.07) is -15.2. The number of hydrogen-bond donors (Lipinski definition) is 5. The van der Waals surface area contributed by atoms with Crippen LogP contribution in [0.25, 0.3) is 0 Å². The van der Waals surface area contributed by atoms with Crippen molar-refractivity contribution in [3.8, 4) is 0 Å². The fourth-order valence-electron chi connectivity index (χ4n) is 12.4. The van der Waals surface area contributed by atoms with Gasteiger partial charge in [-0.25, -0.2) is 8.42 Å². The number of carbonyl (C=O) groups excluding carboxylic acids is 11. The first-order valence-corrected chi connectivity index (χ1v) is 36.9. The Kier molecular flexibility index (Phi) is 37.3. The van der Waals surface area contributed by atoms with E-state index in [0.29, 0.717) is 19.6 Å². The number of amides is 11. The van der Waals surface area contributed by atoms with Crippen molar-refractivity contribution < 1.29 is 66.3 Å². The minimum Gasteiger partial charge on any atom is -0.390 e. The van der Waals surface area contributed by atoms with Crippen molar-refractivity contribution >= 4 is 74.8 Å². The molecule has 1 fully saturated rings. The second-order valence-corrected chi connectivity index (χ2v) is 31.5. The van der Waals surface area contributed by atoms with Gasteiger partial charge in [0.2, 0.25) is 65.0 Å². The van der Waals surface area contributed by atoms with E-state index < -0.39 is 171 Å². The van der Waals surface area contributed by atoms with Gasteiger partial charge in [-0.05, 0) is 127 Å². The third-order valence-electron chi connectivity index (χ3n) is 18.6. The van der Waals surface area contributed by atoms with E-state index in [4.69, 9.17) is 0 Å². The molecule has 11 amide bonds. The number of aliphatic hydroxyl groups is 1. The van der Waals surface area contributed by atoms with E-state index in [9.17, 15) is 37.5 Å². The molecule has 0 spiro atoms. The molecule has 0 aromatic heterocycles. The van der Waals surface area contributed by atoms with Crippen LogP contribution in [0.4, 0.5) is 0 Å². The highest BCUT2D eigenvalue weighted by molar-refractivity contribution is 7.91. The molecule has 0 aliphatic carbocycles. The molecule has 0 radical (unpaired) electrons. The maximum absolute atomic E-state index is 15.4. The van der Waals surface area contributed by atoms with Crippen LogP contribution in [-0.2, 0) is 62.6 Å². The van der Waals surface area contributed by atoms with Gasteiger partial charge in [0.05, 0.1) is 17.6 Å². The summed E-state index contributed by atoms with van der Waals surface area (Å²) in [6.07, 6.45) is 2.56. The quantitative estimate of drug-likeness (QED) is 0.0910. The van der Waals surface area contributed by atoms with Gasteiger partial charge in [-0.2, -0.15) is 0 Å². The number of carbonyl (C=O) groups is 11. The minimum atomic E-state index is -4.20. The van der Waals surface area contributed by atoms with Crippen LogP contribution in [0.5, 0.6) is 0 Å². The molecule has 0 bridgehead atoms. The predicted octanol–water partition coefficient (Wildman–Crippen LogP) is 3.78. The Hall–Kier alpha value is -6.22. The van der Waals surface area contributed by atoms with Gasteiger partial charge in [-0.15, -0.1) is 0 Å². The molecule has 0 saturated carbocycles. The summed E-state index contributed by atoms with van der Waals surface area (Å²) in [7, 11) is 5.33. The first kappa shape index (κ1) is 88.8. The first-order valence-electron chi connectivity index (χ1n) is 35.1. The van der Waals surface area contributed by atoms with Gasteiger partial charge in [0, 0.05) is 49.3 Å². The number of hydrogen-bond acceptors (Lipinski definition) is 15. The van der Waals surface area contributed by atoms with Crippen LogP contribution in [0.15, 0.2) is 12.2 Å². The van der Waals surface area contributed by atoms with Crippen molar-refractivity contribution in [2.75, 3.05) is 80.5 Å². The number of nitrogens with zero attached hydrogens (tertiary/aromatic N) is 8. The highest BCUT2D eigenvalue weighted by atomic mass is 32.2. The number of aliphatic hydroxyl groups excluding tert-OH is 1. The molecule has 13 atom stereocenters. The molecule has 27 heteroatoms. The van der Waals surface area contributed by atoms with Gasteiger partial charge in [0.15, 0.2) is 9.84 Å². The summed E-state index contributed by atoms with van der Waals surface area (Å²) in [6.45, 7) is 35.0. The van der Waals surface area contributed by atoms with Gasteiger partial charge in [-0.1, -0.05) is 123 Å². The fraction of sp³-hybridized carbons (Fsp3) is 0.814. The molecule has 0 aromatic rings. The van der Waals surface area contributed by atoms with E-state index in [1.54, 1.807) is 74.5 Å². The average molecular weight is 1390 g/mol. The molecule has 1 rings (SSSR count). The summed E-state index contributed by atoms with van der Waals surface area (Å²) in [4.78, 5) is 174. The normalized spacial score (nSPS) is 26.1. The smallest absolute Gasteiger partial charge is 0.246 e. The monoisotopic (exact) mass is 1390 g/mol. The van der Waals surface area contributed by atoms with Gasteiger partial charge >= 0.3 is 0 Å². The van der Waals surface area contributed by atoms with Gasteiger partial charge in [-0.3, -0.25) is 52.7 Å². The third kappa shape index (κ3) is 25.8. The van der Waals surface area contributed by atoms with Crippen molar-refractivity contribution in [1.29, 1.82) is 0 Å². The largest absolute Gasteiger partial charge is 0.390 e. The van der Waals surface area contributed by atoms with E-state index in [-0.39, 0.29) is 74.4 Å². The van der Waals surface area contributed by atoms with E-state index in [1.807, 2.05) is 60.3 Å². The average Bonchev–Trinajstić information content (AvgIpc) is 0.813. The number of rotatable bonds is 23. The molecule has 0 aromatic carbocycles. The summed E-state index contributed by atoms with van der Waals surface area (Å²) >= 11 is 0. The molecule has 97 heavy (non-hydrogen) atoms. The van der Waals surface area contributed by atoms with Gasteiger partial charge < -0.3 is 65.6 Å². The van der Waals surface area contributed by atoms with Crippen molar-refractivity contribution in [2.45, 2.75) is 249 Å². The van der Waals surface area contributed by atoms with Crippen LogP contribution in [0.1, 0.15) is 176 Å². The first-order chi connectivity index (χ1) is 44.8. The molecule has 1 aliphatic heterocycles. The van der Waals surface area contributed by atoms with Crippen LogP contribution in [-0.4, -0.2) is 271 Å². The van der Waals surface area contributed by atoms with Crippen molar-refractivity contribution in [1.82, 2.24) is 60.5 Å². The molecular weight excluding hydrogens is 1260 g/mol. The van der Waals surface area contributed by atoms with Crippen LogP contribution >= 0.6 is 0 Å². The van der Waals surface area contributed by atoms with Crippen LogP contribution in [0.3, 0.4) is 0 Å². The zero-order chi connectivity index (χ0) is 75.2. The highest BCUT2D eigenvalue weighted by Crippen LogP contribution is 2.26. The topological polar surface area (TPSA) is 316 Å².